The zero-order valence-electron chi connectivity index (χ0n) is 10.5. The Bertz CT molecular complexity index is 390. The number of hydrogen-bond donors (Lipinski definition) is 0. The Balaban J connectivity index is 3.03. The Morgan fingerprint density at radius 2 is 1.94 bits per heavy atom. The highest BCUT2D eigenvalue weighted by Crippen LogP contribution is 2.35. The zero-order chi connectivity index (χ0) is 13.8. The maximum Gasteiger partial charge on any atom is 0.416 e. The van der Waals surface area contributed by atoms with Gasteiger partial charge in [0.15, 0.2) is 0 Å². The summed E-state index contributed by atoms with van der Waals surface area (Å²) in [6.07, 6.45) is -2.31. The van der Waals surface area contributed by atoms with E-state index in [1.807, 2.05) is 11.9 Å². The van der Waals surface area contributed by atoms with Crippen LogP contribution in [-0.4, -0.2) is 13.6 Å². The molecule has 1 nitrogen and oxygen atoms in total. The average molecular weight is 324 g/mol. The fourth-order valence-electron chi connectivity index (χ4n) is 1.71. The van der Waals surface area contributed by atoms with Gasteiger partial charge in [-0.1, -0.05) is 35.3 Å². The van der Waals surface area contributed by atoms with Crippen LogP contribution in [0.4, 0.5) is 18.9 Å². The number of alkyl halides is 4. The summed E-state index contributed by atoms with van der Waals surface area (Å²) in [4.78, 5) is 1.86. The van der Waals surface area contributed by atoms with Crippen molar-refractivity contribution in [3.8, 4) is 0 Å². The van der Waals surface area contributed by atoms with Crippen molar-refractivity contribution in [2.45, 2.75) is 31.3 Å². The Labute approximate surface area is 114 Å². The fraction of sp³-hybridized carbons (Fsp3) is 0.538. The summed E-state index contributed by atoms with van der Waals surface area (Å²) >= 11 is 3.09. The highest BCUT2D eigenvalue weighted by molar-refractivity contribution is 9.08. The second-order valence-corrected chi connectivity index (χ2v) is 4.81. The Morgan fingerprint density at radius 3 is 2.44 bits per heavy atom. The highest BCUT2D eigenvalue weighted by Gasteiger charge is 2.33. The quantitative estimate of drug-likeness (QED) is 0.701. The molecular weight excluding hydrogens is 307 g/mol. The van der Waals surface area contributed by atoms with Crippen molar-refractivity contribution >= 4 is 21.6 Å². The second kappa shape index (κ2) is 6.45. The molecule has 0 saturated heterocycles. The molecule has 5 heteroatoms. The van der Waals surface area contributed by atoms with Gasteiger partial charge in [-0.2, -0.15) is 13.2 Å². The van der Waals surface area contributed by atoms with Gasteiger partial charge in [0, 0.05) is 24.6 Å². The predicted molar refractivity (Wildman–Crippen MR) is 72.3 cm³/mol. The molecule has 102 valence electrons. The Morgan fingerprint density at radius 1 is 1.28 bits per heavy atom. The lowest BCUT2D eigenvalue weighted by Gasteiger charge is -2.21. The van der Waals surface area contributed by atoms with Crippen LogP contribution >= 0.6 is 15.9 Å². The van der Waals surface area contributed by atoms with Crippen LogP contribution in [0.1, 0.15) is 30.9 Å². The van der Waals surface area contributed by atoms with Crippen molar-refractivity contribution in [1.29, 1.82) is 0 Å². The Hall–Kier alpha value is -0.710. The molecule has 0 N–H and O–H groups in total. The van der Waals surface area contributed by atoms with Gasteiger partial charge in [-0.05, 0) is 24.1 Å². The first kappa shape index (κ1) is 15.3. The number of hydrogen-bond acceptors (Lipinski definition) is 1. The second-order valence-electron chi connectivity index (χ2n) is 4.25. The smallest absolute Gasteiger partial charge is 0.375 e. The predicted octanol–water partition coefficient (Wildman–Crippen LogP) is 4.84. The van der Waals surface area contributed by atoms with E-state index in [0.29, 0.717) is 5.69 Å². The summed E-state index contributed by atoms with van der Waals surface area (Å²) in [6.45, 7) is 2.82. The minimum Gasteiger partial charge on any atom is -0.375 e. The molecule has 0 aromatic heterocycles. The van der Waals surface area contributed by atoms with E-state index < -0.39 is 11.7 Å². The lowest BCUT2D eigenvalue weighted by molar-refractivity contribution is -0.138. The zero-order valence-corrected chi connectivity index (χ0v) is 12.1. The van der Waals surface area contributed by atoms with Crippen LogP contribution in [0, 0.1) is 0 Å². The van der Waals surface area contributed by atoms with Gasteiger partial charge >= 0.3 is 6.18 Å². The first-order chi connectivity index (χ1) is 8.40. The summed E-state index contributed by atoms with van der Waals surface area (Å²) in [7, 11) is 1.82. The van der Waals surface area contributed by atoms with E-state index in [9.17, 15) is 13.2 Å². The van der Waals surface area contributed by atoms with Gasteiger partial charge in [0.25, 0.3) is 0 Å². The molecule has 18 heavy (non-hydrogen) atoms. The van der Waals surface area contributed by atoms with Crippen LogP contribution in [0.25, 0.3) is 0 Å². The molecule has 1 aromatic carbocycles. The average Bonchev–Trinajstić information content (AvgIpc) is 2.34. The van der Waals surface area contributed by atoms with Crippen molar-refractivity contribution in [2.75, 3.05) is 18.5 Å². The monoisotopic (exact) mass is 323 g/mol. The lowest BCUT2D eigenvalue weighted by Crippen LogP contribution is -2.19. The molecule has 0 aliphatic rings. The molecular formula is C13H17BrF3N. The van der Waals surface area contributed by atoms with Crippen molar-refractivity contribution in [1.82, 2.24) is 0 Å². The molecule has 0 amide bonds. The van der Waals surface area contributed by atoms with Crippen LogP contribution in [0.15, 0.2) is 18.2 Å². The summed E-state index contributed by atoms with van der Waals surface area (Å²) in [5.41, 5.74) is 0.329. The van der Waals surface area contributed by atoms with E-state index in [1.54, 1.807) is 6.07 Å². The van der Waals surface area contributed by atoms with Crippen molar-refractivity contribution in [2.24, 2.45) is 0 Å². The van der Waals surface area contributed by atoms with E-state index in [2.05, 4.69) is 22.9 Å². The van der Waals surface area contributed by atoms with Gasteiger partial charge in [0.2, 0.25) is 0 Å². The SMILES string of the molecule is CCCCN(C)c1ccc(CBr)c(C(F)(F)F)c1. The standard InChI is InChI=1S/C13H17BrF3N/c1-3-4-7-18(2)11-6-5-10(9-14)12(8-11)13(15,16)17/h5-6,8H,3-4,7,9H2,1-2H3. The third-order valence-electron chi connectivity index (χ3n) is 2.83. The molecule has 1 aromatic rings. The van der Waals surface area contributed by atoms with Crippen LogP contribution in [0.2, 0.25) is 0 Å². The van der Waals surface area contributed by atoms with E-state index in [-0.39, 0.29) is 10.9 Å². The van der Waals surface area contributed by atoms with Crippen LogP contribution in [-0.2, 0) is 11.5 Å². The van der Waals surface area contributed by atoms with E-state index >= 15 is 0 Å². The number of nitrogens with zero attached hydrogens (tertiary/aromatic N) is 1. The number of benzene rings is 1. The van der Waals surface area contributed by atoms with E-state index in [0.717, 1.165) is 19.4 Å². The molecule has 0 saturated carbocycles. The maximum atomic E-state index is 12.9. The molecule has 1 rings (SSSR count). The molecule has 0 atom stereocenters. The molecule has 0 radical (unpaired) electrons. The minimum atomic E-state index is -4.30. The summed E-state index contributed by atoms with van der Waals surface area (Å²) in [5.74, 6) is 0. The van der Waals surface area contributed by atoms with Gasteiger partial charge < -0.3 is 4.90 Å². The van der Waals surface area contributed by atoms with Gasteiger partial charge in [0.1, 0.15) is 0 Å². The number of anilines is 1. The number of rotatable bonds is 5. The third-order valence-corrected chi connectivity index (χ3v) is 3.43. The van der Waals surface area contributed by atoms with Gasteiger partial charge in [-0.3, -0.25) is 0 Å². The topological polar surface area (TPSA) is 3.24 Å². The molecule has 0 heterocycles. The fourth-order valence-corrected chi connectivity index (χ4v) is 2.20. The van der Waals surface area contributed by atoms with Crippen LogP contribution < -0.4 is 4.90 Å². The summed E-state index contributed by atoms with van der Waals surface area (Å²) < 4.78 is 38.7. The van der Waals surface area contributed by atoms with Crippen LogP contribution in [0.3, 0.4) is 0 Å². The first-order valence-corrected chi connectivity index (χ1v) is 6.99. The molecule has 0 aliphatic carbocycles. The number of halogens is 4. The van der Waals surface area contributed by atoms with Gasteiger partial charge in [0.05, 0.1) is 5.56 Å². The van der Waals surface area contributed by atoms with Crippen molar-refractivity contribution in [3.63, 3.8) is 0 Å². The lowest BCUT2D eigenvalue weighted by atomic mass is 10.1. The molecule has 0 unspecified atom stereocenters. The first-order valence-electron chi connectivity index (χ1n) is 5.87. The third kappa shape index (κ3) is 3.90. The molecule has 0 bridgehead atoms. The van der Waals surface area contributed by atoms with Gasteiger partial charge in [-0.25, -0.2) is 0 Å². The molecule has 0 aliphatic heterocycles. The molecule has 0 fully saturated rings. The van der Waals surface area contributed by atoms with Gasteiger partial charge in [-0.15, -0.1) is 0 Å². The van der Waals surface area contributed by atoms with E-state index in [4.69, 9.17) is 0 Å². The maximum absolute atomic E-state index is 12.9. The van der Waals surface area contributed by atoms with Crippen molar-refractivity contribution in [3.05, 3.63) is 29.3 Å². The van der Waals surface area contributed by atoms with Crippen LogP contribution in [0.5, 0.6) is 0 Å². The summed E-state index contributed by atoms with van der Waals surface area (Å²) in [6, 6.07) is 4.50. The Kier molecular flexibility index (Phi) is 5.50. The summed E-state index contributed by atoms with van der Waals surface area (Å²) in [5, 5.41) is 0.209. The highest BCUT2D eigenvalue weighted by atomic mass is 79.9. The normalized spacial score (nSPS) is 11.7. The van der Waals surface area contributed by atoms with E-state index in [1.165, 1.54) is 12.1 Å². The minimum absolute atomic E-state index is 0.209. The number of unbranched alkanes of at least 4 members (excludes halogenated alkanes) is 1. The molecule has 0 spiro atoms. The van der Waals surface area contributed by atoms with Crippen molar-refractivity contribution < 1.29 is 13.2 Å². The largest absolute Gasteiger partial charge is 0.416 e.